The summed E-state index contributed by atoms with van der Waals surface area (Å²) in [7, 11) is 0. The highest BCUT2D eigenvalue weighted by atomic mass is 35.5. The van der Waals surface area contributed by atoms with E-state index in [1.807, 2.05) is 12.1 Å². The fraction of sp³-hybridized carbons (Fsp3) is 0.571. The van der Waals surface area contributed by atoms with Gasteiger partial charge in [-0.3, -0.25) is 0 Å². The molecule has 3 heteroatoms. The summed E-state index contributed by atoms with van der Waals surface area (Å²) in [6.45, 7) is 0.789. The van der Waals surface area contributed by atoms with Crippen LogP contribution in [-0.2, 0) is 5.41 Å². The van der Waals surface area contributed by atoms with Gasteiger partial charge in [-0.1, -0.05) is 42.1 Å². The Kier molecular flexibility index (Phi) is 4.35. The summed E-state index contributed by atoms with van der Waals surface area (Å²) in [5.41, 5.74) is 7.27. The van der Waals surface area contributed by atoms with E-state index in [4.69, 9.17) is 28.9 Å². The number of hydrogen-bond donors (Lipinski definition) is 1. The van der Waals surface area contributed by atoms with Gasteiger partial charge in [-0.15, -0.1) is 0 Å². The molecule has 1 aliphatic rings. The van der Waals surface area contributed by atoms with E-state index in [0.29, 0.717) is 15.5 Å². The summed E-state index contributed by atoms with van der Waals surface area (Å²) in [6.07, 6.45) is 7.41. The molecule has 1 aliphatic carbocycles. The minimum absolute atomic E-state index is 0.351. The van der Waals surface area contributed by atoms with Gasteiger partial charge in [0.05, 0.1) is 10.0 Å². The Morgan fingerprint density at radius 3 is 2.41 bits per heavy atom. The first-order chi connectivity index (χ1) is 8.18. The predicted octanol–water partition coefficient (Wildman–Crippen LogP) is 4.54. The molecule has 1 nitrogen and oxygen atoms in total. The Hall–Kier alpha value is -0.240. The lowest BCUT2D eigenvalue weighted by Gasteiger charge is -2.43. The van der Waals surface area contributed by atoms with Gasteiger partial charge in [0.1, 0.15) is 0 Å². The Morgan fingerprint density at radius 1 is 1.12 bits per heavy atom. The van der Waals surface area contributed by atoms with Gasteiger partial charge in [-0.05, 0) is 55.3 Å². The van der Waals surface area contributed by atoms with Gasteiger partial charge < -0.3 is 5.73 Å². The van der Waals surface area contributed by atoms with Crippen molar-refractivity contribution >= 4 is 23.2 Å². The molecule has 0 amide bonds. The molecule has 1 aromatic carbocycles. The van der Waals surface area contributed by atoms with E-state index in [2.05, 4.69) is 6.07 Å². The third kappa shape index (κ3) is 2.78. The van der Waals surface area contributed by atoms with E-state index in [1.54, 1.807) is 0 Å². The molecular formula is C14H19Cl2N. The van der Waals surface area contributed by atoms with Crippen LogP contribution in [0.2, 0.25) is 10.0 Å². The van der Waals surface area contributed by atoms with E-state index in [1.165, 1.54) is 37.7 Å². The lowest BCUT2D eigenvalue weighted by atomic mass is 9.62. The van der Waals surface area contributed by atoms with Crippen LogP contribution in [0.4, 0.5) is 0 Å². The highest BCUT2D eigenvalue weighted by Crippen LogP contribution is 2.48. The van der Waals surface area contributed by atoms with Gasteiger partial charge in [0.25, 0.3) is 0 Å². The SMILES string of the molecule is NCCCCC1(c2ccc(Cl)c(Cl)c2)CCC1. The number of nitrogens with two attached hydrogens (primary N) is 1. The molecule has 0 atom stereocenters. The molecule has 2 rings (SSSR count). The molecule has 0 aliphatic heterocycles. The van der Waals surface area contributed by atoms with Crippen molar-refractivity contribution in [1.29, 1.82) is 0 Å². The van der Waals surface area contributed by atoms with Crippen molar-refractivity contribution < 1.29 is 0 Å². The average molecular weight is 272 g/mol. The molecule has 17 heavy (non-hydrogen) atoms. The second-order valence-electron chi connectivity index (χ2n) is 5.01. The van der Waals surface area contributed by atoms with Crippen molar-refractivity contribution in [2.75, 3.05) is 6.54 Å². The number of hydrogen-bond acceptors (Lipinski definition) is 1. The largest absolute Gasteiger partial charge is 0.330 e. The first-order valence-electron chi connectivity index (χ1n) is 6.33. The lowest BCUT2D eigenvalue weighted by Crippen LogP contribution is -2.34. The smallest absolute Gasteiger partial charge is 0.0595 e. The molecule has 94 valence electrons. The predicted molar refractivity (Wildman–Crippen MR) is 74.9 cm³/mol. The first kappa shape index (κ1) is 13.2. The third-order valence-electron chi connectivity index (χ3n) is 3.95. The zero-order valence-electron chi connectivity index (χ0n) is 10.0. The molecule has 0 bridgehead atoms. The number of rotatable bonds is 5. The minimum Gasteiger partial charge on any atom is -0.330 e. The average Bonchev–Trinajstić information content (AvgIpc) is 2.26. The van der Waals surface area contributed by atoms with Crippen molar-refractivity contribution in [3.05, 3.63) is 33.8 Å². The molecular weight excluding hydrogens is 253 g/mol. The molecule has 0 aromatic heterocycles. The monoisotopic (exact) mass is 271 g/mol. The van der Waals surface area contributed by atoms with Gasteiger partial charge >= 0.3 is 0 Å². The maximum atomic E-state index is 6.11. The van der Waals surface area contributed by atoms with Gasteiger partial charge in [0.2, 0.25) is 0 Å². The highest BCUT2D eigenvalue weighted by Gasteiger charge is 2.37. The standard InChI is InChI=1S/C14H19Cl2N/c15-12-5-4-11(10-13(12)16)14(7-3-8-14)6-1-2-9-17/h4-5,10H,1-3,6-9,17H2. The molecule has 2 N–H and O–H groups in total. The van der Waals surface area contributed by atoms with Gasteiger partial charge in [0, 0.05) is 0 Å². The Balaban J connectivity index is 2.13. The molecule has 0 heterocycles. The maximum absolute atomic E-state index is 6.11. The molecule has 1 fully saturated rings. The van der Waals surface area contributed by atoms with Crippen molar-refractivity contribution in [3.63, 3.8) is 0 Å². The van der Waals surface area contributed by atoms with Crippen LogP contribution in [0.3, 0.4) is 0 Å². The Morgan fingerprint density at radius 2 is 1.88 bits per heavy atom. The van der Waals surface area contributed by atoms with E-state index in [0.717, 1.165) is 13.0 Å². The molecule has 0 unspecified atom stereocenters. The van der Waals surface area contributed by atoms with Crippen LogP contribution in [0.5, 0.6) is 0 Å². The molecule has 0 saturated heterocycles. The number of unbranched alkanes of at least 4 members (excludes halogenated alkanes) is 1. The molecule has 1 aromatic rings. The lowest BCUT2D eigenvalue weighted by molar-refractivity contribution is 0.219. The number of halogens is 2. The molecule has 0 spiro atoms. The zero-order valence-corrected chi connectivity index (χ0v) is 11.5. The minimum atomic E-state index is 0.351. The van der Waals surface area contributed by atoms with Gasteiger partial charge in [0.15, 0.2) is 0 Å². The summed E-state index contributed by atoms with van der Waals surface area (Å²) in [6, 6.07) is 6.10. The summed E-state index contributed by atoms with van der Waals surface area (Å²) in [5.74, 6) is 0. The van der Waals surface area contributed by atoms with E-state index in [9.17, 15) is 0 Å². The Labute approximate surface area is 113 Å². The Bertz CT molecular complexity index is 386. The van der Waals surface area contributed by atoms with Crippen LogP contribution in [0.15, 0.2) is 18.2 Å². The summed E-state index contributed by atoms with van der Waals surface area (Å²) in [4.78, 5) is 0. The van der Waals surface area contributed by atoms with E-state index >= 15 is 0 Å². The second kappa shape index (κ2) is 5.60. The summed E-state index contributed by atoms with van der Waals surface area (Å²) < 4.78 is 0. The van der Waals surface area contributed by atoms with Crippen LogP contribution < -0.4 is 5.73 Å². The maximum Gasteiger partial charge on any atom is 0.0595 e. The first-order valence-corrected chi connectivity index (χ1v) is 7.09. The normalized spacial score (nSPS) is 17.8. The van der Waals surface area contributed by atoms with E-state index in [-0.39, 0.29) is 0 Å². The fourth-order valence-electron chi connectivity index (χ4n) is 2.72. The van der Waals surface area contributed by atoms with Gasteiger partial charge in [-0.25, -0.2) is 0 Å². The van der Waals surface area contributed by atoms with Crippen LogP contribution >= 0.6 is 23.2 Å². The van der Waals surface area contributed by atoms with Crippen LogP contribution in [-0.4, -0.2) is 6.54 Å². The summed E-state index contributed by atoms with van der Waals surface area (Å²) in [5, 5.41) is 1.32. The molecule has 0 radical (unpaired) electrons. The number of benzene rings is 1. The van der Waals surface area contributed by atoms with Crippen LogP contribution in [0.25, 0.3) is 0 Å². The van der Waals surface area contributed by atoms with Crippen LogP contribution in [0.1, 0.15) is 44.1 Å². The van der Waals surface area contributed by atoms with Crippen LogP contribution in [0, 0.1) is 0 Å². The highest BCUT2D eigenvalue weighted by molar-refractivity contribution is 6.42. The zero-order chi connectivity index (χ0) is 12.3. The van der Waals surface area contributed by atoms with Crippen molar-refractivity contribution in [3.8, 4) is 0 Å². The van der Waals surface area contributed by atoms with Crippen molar-refractivity contribution in [2.24, 2.45) is 5.73 Å². The second-order valence-corrected chi connectivity index (χ2v) is 5.82. The molecule has 1 saturated carbocycles. The topological polar surface area (TPSA) is 26.0 Å². The third-order valence-corrected chi connectivity index (χ3v) is 4.69. The van der Waals surface area contributed by atoms with Crippen molar-refractivity contribution in [1.82, 2.24) is 0 Å². The van der Waals surface area contributed by atoms with E-state index < -0.39 is 0 Å². The quantitative estimate of drug-likeness (QED) is 0.782. The fourth-order valence-corrected chi connectivity index (χ4v) is 3.02. The van der Waals surface area contributed by atoms with Crippen molar-refractivity contribution in [2.45, 2.75) is 43.9 Å². The van der Waals surface area contributed by atoms with Gasteiger partial charge in [-0.2, -0.15) is 0 Å². The summed E-state index contributed by atoms with van der Waals surface area (Å²) >= 11 is 12.1.